The Labute approximate surface area is 265 Å². The van der Waals surface area contributed by atoms with Gasteiger partial charge in [-0.25, -0.2) is 13.2 Å². The van der Waals surface area contributed by atoms with E-state index in [1.165, 1.54) is 0 Å². The molecule has 0 aliphatic carbocycles. The number of benzene rings is 4. The first-order valence-corrected chi connectivity index (χ1v) is 16.6. The van der Waals surface area contributed by atoms with Crippen LogP contribution in [0.1, 0.15) is 45.6 Å². The van der Waals surface area contributed by atoms with Crippen LogP contribution in [0.15, 0.2) is 84.9 Å². The second kappa shape index (κ2) is 15.6. The molecule has 0 spiro atoms. The minimum atomic E-state index is -3.57. The summed E-state index contributed by atoms with van der Waals surface area (Å²) in [7, 11) is -3.57. The number of hydrogen-bond acceptors (Lipinski definition) is 8. The summed E-state index contributed by atoms with van der Waals surface area (Å²) in [5.41, 5.74) is 6.45. The minimum absolute atomic E-state index is 0.241. The van der Waals surface area contributed by atoms with E-state index in [9.17, 15) is 18.3 Å². The number of anilines is 1. The summed E-state index contributed by atoms with van der Waals surface area (Å²) in [5.74, 6) is 0.770. The quantitative estimate of drug-likeness (QED) is 0.111. The van der Waals surface area contributed by atoms with Gasteiger partial charge in [-0.1, -0.05) is 48.5 Å². The zero-order valence-electron chi connectivity index (χ0n) is 26.0. The fraction of sp³-hybridized carbons (Fsp3) is 0.286. The monoisotopic (exact) mass is 632 g/mol. The van der Waals surface area contributed by atoms with Gasteiger partial charge in [0.15, 0.2) is 0 Å². The van der Waals surface area contributed by atoms with Gasteiger partial charge in [0.05, 0.1) is 30.2 Å². The van der Waals surface area contributed by atoms with E-state index in [-0.39, 0.29) is 24.8 Å². The standard InChI is InChI=1S/C35H40N2O7S/c1-5-42-35(39)28-13-11-27(12-14-28)34-24(2)19-30(20-25(34)3)43-18-17-36-22-32(38)29-15-16-33(31(21-29)37-45(4,40)41)44-23-26-9-7-6-8-10-26/h6-16,19-21,32,36-38H,5,17-18,22-23H2,1-4H3/t32-/m1/s1. The van der Waals surface area contributed by atoms with Crippen molar-refractivity contribution in [2.24, 2.45) is 0 Å². The van der Waals surface area contributed by atoms with Gasteiger partial charge in [0.1, 0.15) is 24.7 Å². The molecule has 0 aliphatic rings. The average Bonchev–Trinajstić information content (AvgIpc) is 3.00. The Morgan fingerprint density at radius 1 is 0.911 bits per heavy atom. The third-order valence-electron chi connectivity index (χ3n) is 7.00. The van der Waals surface area contributed by atoms with Crippen molar-refractivity contribution in [3.63, 3.8) is 0 Å². The third-order valence-corrected chi connectivity index (χ3v) is 7.59. The Bertz CT molecular complexity index is 1670. The zero-order chi connectivity index (χ0) is 32.4. The van der Waals surface area contributed by atoms with E-state index in [2.05, 4.69) is 10.0 Å². The van der Waals surface area contributed by atoms with E-state index in [4.69, 9.17) is 14.2 Å². The molecule has 4 aromatic carbocycles. The van der Waals surface area contributed by atoms with Crippen molar-refractivity contribution >= 4 is 21.7 Å². The lowest BCUT2D eigenvalue weighted by molar-refractivity contribution is 0.0526. The molecule has 0 heterocycles. The van der Waals surface area contributed by atoms with Crippen LogP contribution in [0.5, 0.6) is 11.5 Å². The van der Waals surface area contributed by atoms with Crippen LogP contribution in [-0.4, -0.2) is 52.1 Å². The minimum Gasteiger partial charge on any atom is -0.492 e. The Kier molecular flexibility index (Phi) is 11.6. The van der Waals surface area contributed by atoms with Crippen molar-refractivity contribution in [2.75, 3.05) is 37.3 Å². The number of carbonyl (C=O) groups is 1. The highest BCUT2D eigenvalue weighted by Gasteiger charge is 2.15. The smallest absolute Gasteiger partial charge is 0.338 e. The van der Waals surface area contributed by atoms with Crippen molar-refractivity contribution in [1.29, 1.82) is 0 Å². The van der Waals surface area contributed by atoms with E-state index in [1.807, 2.05) is 68.4 Å². The normalized spacial score (nSPS) is 11.9. The number of ether oxygens (including phenoxy) is 3. The number of hydrogen-bond donors (Lipinski definition) is 3. The summed E-state index contributed by atoms with van der Waals surface area (Å²) in [5, 5.41) is 14.0. The summed E-state index contributed by atoms with van der Waals surface area (Å²) >= 11 is 0. The number of rotatable bonds is 15. The van der Waals surface area contributed by atoms with Gasteiger partial charge in [0, 0.05) is 13.1 Å². The maximum Gasteiger partial charge on any atom is 0.338 e. The predicted molar refractivity (Wildman–Crippen MR) is 176 cm³/mol. The highest BCUT2D eigenvalue weighted by molar-refractivity contribution is 7.92. The molecule has 0 saturated heterocycles. The first kappa shape index (κ1) is 33.5. The molecule has 3 N–H and O–H groups in total. The molecule has 0 aliphatic heterocycles. The zero-order valence-corrected chi connectivity index (χ0v) is 26.8. The van der Waals surface area contributed by atoms with Gasteiger partial charge in [-0.05, 0) is 90.6 Å². The molecular formula is C35H40N2O7S. The average molecular weight is 633 g/mol. The summed E-state index contributed by atoms with van der Waals surface area (Å²) < 4.78 is 43.4. The maximum atomic E-state index is 12.0. The van der Waals surface area contributed by atoms with Gasteiger partial charge >= 0.3 is 5.97 Å². The van der Waals surface area contributed by atoms with Gasteiger partial charge in [-0.15, -0.1) is 0 Å². The van der Waals surface area contributed by atoms with Gasteiger partial charge < -0.3 is 24.6 Å². The summed E-state index contributed by atoms with van der Waals surface area (Å²) in [4.78, 5) is 12.0. The van der Waals surface area contributed by atoms with Crippen LogP contribution in [0.25, 0.3) is 11.1 Å². The number of sulfonamides is 1. The molecular weight excluding hydrogens is 592 g/mol. The van der Waals surface area contributed by atoms with E-state index in [0.29, 0.717) is 36.6 Å². The van der Waals surface area contributed by atoms with Crippen molar-refractivity contribution in [3.8, 4) is 22.6 Å². The summed E-state index contributed by atoms with van der Waals surface area (Å²) in [6.45, 7) is 7.54. The fourth-order valence-electron chi connectivity index (χ4n) is 4.94. The SMILES string of the molecule is CCOC(=O)c1ccc(-c2c(C)cc(OCCNC[C@@H](O)c3ccc(OCc4ccccc4)c(NS(C)(=O)=O)c3)cc2C)cc1. The molecule has 4 aromatic rings. The van der Waals surface area contributed by atoms with Crippen LogP contribution in [0.2, 0.25) is 0 Å². The molecule has 0 bridgehead atoms. The first-order valence-electron chi connectivity index (χ1n) is 14.7. The van der Waals surface area contributed by atoms with Gasteiger partial charge in [0.25, 0.3) is 0 Å². The second-order valence-electron chi connectivity index (χ2n) is 10.7. The molecule has 45 heavy (non-hydrogen) atoms. The summed E-state index contributed by atoms with van der Waals surface area (Å²) in [6, 6.07) is 25.9. The molecule has 1 atom stereocenters. The number of aliphatic hydroxyl groups excluding tert-OH is 1. The highest BCUT2D eigenvalue weighted by Crippen LogP contribution is 2.32. The van der Waals surface area contributed by atoms with Crippen molar-refractivity contribution in [3.05, 3.63) is 113 Å². The number of carbonyl (C=O) groups excluding carboxylic acids is 1. The lowest BCUT2D eigenvalue weighted by Gasteiger charge is -2.17. The van der Waals surface area contributed by atoms with E-state index < -0.39 is 16.1 Å². The first-order chi connectivity index (χ1) is 21.5. The van der Waals surface area contributed by atoms with E-state index in [1.54, 1.807) is 37.3 Å². The fourth-order valence-corrected chi connectivity index (χ4v) is 5.50. The van der Waals surface area contributed by atoms with Crippen LogP contribution < -0.4 is 19.5 Å². The lowest BCUT2D eigenvalue weighted by atomic mass is 9.95. The number of aryl methyl sites for hydroxylation is 2. The van der Waals surface area contributed by atoms with E-state index >= 15 is 0 Å². The number of aliphatic hydroxyl groups is 1. The molecule has 10 heteroatoms. The Morgan fingerprint density at radius 3 is 2.24 bits per heavy atom. The topological polar surface area (TPSA) is 123 Å². The van der Waals surface area contributed by atoms with Crippen LogP contribution in [-0.2, 0) is 21.4 Å². The highest BCUT2D eigenvalue weighted by atomic mass is 32.2. The van der Waals surface area contributed by atoms with E-state index in [0.717, 1.165) is 39.8 Å². The molecule has 0 saturated carbocycles. The molecule has 0 fully saturated rings. The molecule has 0 radical (unpaired) electrons. The second-order valence-corrected chi connectivity index (χ2v) is 12.5. The molecule has 4 rings (SSSR count). The Morgan fingerprint density at radius 2 is 1.60 bits per heavy atom. The molecule has 0 aromatic heterocycles. The molecule has 0 unspecified atom stereocenters. The third kappa shape index (κ3) is 9.81. The maximum absolute atomic E-state index is 12.0. The van der Waals surface area contributed by atoms with Gasteiger partial charge in [-0.3, -0.25) is 4.72 Å². The Balaban J connectivity index is 1.31. The van der Waals surface area contributed by atoms with Crippen LogP contribution in [0.4, 0.5) is 5.69 Å². The lowest BCUT2D eigenvalue weighted by Crippen LogP contribution is -2.26. The molecule has 0 amide bonds. The largest absolute Gasteiger partial charge is 0.492 e. The van der Waals surface area contributed by atoms with Crippen LogP contribution in [0, 0.1) is 13.8 Å². The predicted octanol–water partition coefficient (Wildman–Crippen LogP) is 5.80. The van der Waals surface area contributed by atoms with Crippen molar-refractivity contribution < 1.29 is 32.5 Å². The molecule has 238 valence electrons. The van der Waals surface area contributed by atoms with Crippen LogP contribution in [0.3, 0.4) is 0 Å². The van der Waals surface area contributed by atoms with Gasteiger partial charge in [0.2, 0.25) is 10.0 Å². The summed E-state index contributed by atoms with van der Waals surface area (Å²) in [6.07, 6.45) is 0.187. The number of nitrogens with one attached hydrogen (secondary N) is 2. The number of esters is 1. The van der Waals surface area contributed by atoms with Crippen LogP contribution >= 0.6 is 0 Å². The van der Waals surface area contributed by atoms with Gasteiger partial charge in [-0.2, -0.15) is 0 Å². The van der Waals surface area contributed by atoms with Crippen molar-refractivity contribution in [1.82, 2.24) is 5.32 Å². The molecule has 9 nitrogen and oxygen atoms in total. The van der Waals surface area contributed by atoms with Crippen molar-refractivity contribution in [2.45, 2.75) is 33.5 Å². The Hall–Kier alpha value is -4.38.